The minimum Gasteiger partial charge on any atom is -0.494 e. The standard InChI is InChI=1S/C34H42F2N4O5/c1-2-33(35,36)29-27(30(41)39-34(31(42)43)24-14-21-13-22(16-24)17-25(34)15-21)19-37-32(38-29)40-9-5-23-18-26(3-4-28(23)40)45-12-8-20-6-10-44-11-7-20/h3-4,18-22,24-25H,2,5-17H2,1H3,(H,39,41)(H,42,43). The summed E-state index contributed by atoms with van der Waals surface area (Å²) in [6.07, 6.45) is 8.43. The Morgan fingerprint density at radius 1 is 1.13 bits per heavy atom. The molecular formula is C34H42F2N4O5. The number of nitrogens with one attached hydrogen (secondary N) is 1. The zero-order valence-electron chi connectivity index (χ0n) is 25.8. The van der Waals surface area contributed by atoms with Crippen molar-refractivity contribution < 1.29 is 33.0 Å². The molecule has 4 aliphatic carbocycles. The van der Waals surface area contributed by atoms with Crippen molar-refractivity contribution in [3.63, 3.8) is 0 Å². The second-order valence-electron chi connectivity index (χ2n) is 13.8. The zero-order chi connectivity index (χ0) is 31.3. The number of nitrogens with zero attached hydrogens (tertiary/aromatic N) is 3. The number of carbonyl (C=O) groups is 2. The number of aromatic nitrogens is 2. The number of fused-ring (bicyclic) bond motifs is 1. The van der Waals surface area contributed by atoms with Crippen LogP contribution >= 0.6 is 0 Å². The van der Waals surface area contributed by atoms with Crippen LogP contribution in [-0.4, -0.2) is 58.9 Å². The van der Waals surface area contributed by atoms with E-state index in [1.54, 1.807) is 4.90 Å². The first kappa shape index (κ1) is 30.3. The third kappa shape index (κ3) is 5.44. The Hall–Kier alpha value is -3.34. The number of carboxylic acids is 1. The molecule has 1 aromatic heterocycles. The largest absolute Gasteiger partial charge is 0.494 e. The molecule has 0 spiro atoms. The normalized spacial score (nSPS) is 29.1. The van der Waals surface area contributed by atoms with Gasteiger partial charge in [-0.25, -0.2) is 14.8 Å². The maximum absolute atomic E-state index is 15.5. The first-order chi connectivity index (χ1) is 21.7. The predicted octanol–water partition coefficient (Wildman–Crippen LogP) is 5.88. The quantitative estimate of drug-likeness (QED) is 0.337. The Balaban J connectivity index is 1.11. The SMILES string of the molecule is CCC(F)(F)c1nc(N2CCc3cc(OCCC4CCOCC4)ccc32)ncc1C(=O)NC1(C(=O)O)C2CC3CC(C2)CC1C3. The van der Waals surface area contributed by atoms with Crippen molar-refractivity contribution in [1.82, 2.24) is 15.3 Å². The maximum Gasteiger partial charge on any atom is 0.330 e. The molecule has 242 valence electrons. The number of carboxylic acid groups (broad SMARTS) is 1. The van der Waals surface area contributed by atoms with Gasteiger partial charge in [0.2, 0.25) is 5.95 Å². The van der Waals surface area contributed by atoms with Gasteiger partial charge in [0.15, 0.2) is 0 Å². The molecule has 1 saturated heterocycles. The zero-order valence-corrected chi connectivity index (χ0v) is 25.8. The van der Waals surface area contributed by atoms with E-state index >= 15 is 8.78 Å². The van der Waals surface area contributed by atoms with Crippen LogP contribution in [0.25, 0.3) is 0 Å². The highest BCUT2D eigenvalue weighted by molar-refractivity contribution is 5.99. The number of ether oxygens (including phenoxy) is 2. The summed E-state index contributed by atoms with van der Waals surface area (Å²) in [4.78, 5) is 37.1. The molecule has 9 nitrogen and oxygen atoms in total. The number of benzene rings is 1. The topological polar surface area (TPSA) is 114 Å². The van der Waals surface area contributed by atoms with Crippen LogP contribution in [0.4, 0.5) is 20.4 Å². The number of alkyl halides is 2. The highest BCUT2D eigenvalue weighted by atomic mass is 19.3. The van der Waals surface area contributed by atoms with Gasteiger partial charge in [0.05, 0.1) is 12.2 Å². The number of aliphatic carboxylic acids is 1. The van der Waals surface area contributed by atoms with Gasteiger partial charge in [0.25, 0.3) is 11.8 Å². The number of amides is 1. The first-order valence-electron chi connectivity index (χ1n) is 16.6. The molecule has 3 heterocycles. The minimum absolute atomic E-state index is 0.0872. The van der Waals surface area contributed by atoms with Crippen LogP contribution in [0.3, 0.4) is 0 Å². The summed E-state index contributed by atoms with van der Waals surface area (Å²) >= 11 is 0. The molecule has 2 N–H and O–H groups in total. The van der Waals surface area contributed by atoms with Crippen molar-refractivity contribution in [1.29, 1.82) is 0 Å². The Kier molecular flexibility index (Phi) is 7.94. The Morgan fingerprint density at radius 3 is 2.51 bits per heavy atom. The number of halogens is 2. The second kappa shape index (κ2) is 11.8. The number of carbonyl (C=O) groups excluding carboxylic acids is 1. The summed E-state index contributed by atoms with van der Waals surface area (Å²) in [7, 11) is 0. The fourth-order valence-corrected chi connectivity index (χ4v) is 8.96. The summed E-state index contributed by atoms with van der Waals surface area (Å²) in [5.41, 5.74) is -0.669. The average Bonchev–Trinajstić information content (AvgIpc) is 3.46. The molecule has 2 aromatic rings. The molecule has 5 fully saturated rings. The molecule has 45 heavy (non-hydrogen) atoms. The van der Waals surface area contributed by atoms with Crippen molar-refractivity contribution >= 4 is 23.5 Å². The van der Waals surface area contributed by atoms with E-state index in [9.17, 15) is 14.7 Å². The van der Waals surface area contributed by atoms with E-state index in [4.69, 9.17) is 9.47 Å². The number of hydrogen-bond donors (Lipinski definition) is 2. The Morgan fingerprint density at radius 2 is 1.84 bits per heavy atom. The first-order valence-corrected chi connectivity index (χ1v) is 16.6. The average molecular weight is 625 g/mol. The molecule has 2 aliphatic heterocycles. The summed E-state index contributed by atoms with van der Waals surface area (Å²) in [6, 6.07) is 5.76. The molecule has 0 atom stereocenters. The lowest BCUT2D eigenvalue weighted by atomic mass is 9.48. The van der Waals surface area contributed by atoms with E-state index in [0.717, 1.165) is 87.8 Å². The molecule has 6 aliphatic rings. The number of hydrogen-bond acceptors (Lipinski definition) is 7. The van der Waals surface area contributed by atoms with E-state index in [1.807, 2.05) is 18.2 Å². The second-order valence-corrected chi connectivity index (χ2v) is 13.8. The van der Waals surface area contributed by atoms with Crippen molar-refractivity contribution in [2.45, 2.75) is 82.6 Å². The lowest BCUT2D eigenvalue weighted by Gasteiger charge is -2.59. The summed E-state index contributed by atoms with van der Waals surface area (Å²) in [5.74, 6) is -3.32. The van der Waals surface area contributed by atoms with Crippen LogP contribution in [0.1, 0.15) is 86.3 Å². The van der Waals surface area contributed by atoms with E-state index in [1.165, 1.54) is 6.92 Å². The van der Waals surface area contributed by atoms with Gasteiger partial charge in [-0.15, -0.1) is 0 Å². The molecule has 4 saturated carbocycles. The molecule has 0 unspecified atom stereocenters. The highest BCUT2D eigenvalue weighted by Gasteiger charge is 2.62. The van der Waals surface area contributed by atoms with Crippen LogP contribution in [0.15, 0.2) is 24.4 Å². The van der Waals surface area contributed by atoms with Crippen LogP contribution in [0, 0.1) is 29.6 Å². The van der Waals surface area contributed by atoms with Gasteiger partial charge in [-0.3, -0.25) is 4.79 Å². The fourth-order valence-electron chi connectivity index (χ4n) is 8.96. The van der Waals surface area contributed by atoms with Crippen LogP contribution < -0.4 is 15.0 Å². The van der Waals surface area contributed by atoms with Gasteiger partial charge in [-0.1, -0.05) is 6.92 Å². The molecule has 4 bridgehead atoms. The molecular weight excluding hydrogens is 582 g/mol. The summed E-state index contributed by atoms with van der Waals surface area (Å²) < 4.78 is 42.4. The maximum atomic E-state index is 15.5. The van der Waals surface area contributed by atoms with Gasteiger partial charge in [-0.2, -0.15) is 8.78 Å². The smallest absolute Gasteiger partial charge is 0.330 e. The summed E-state index contributed by atoms with van der Waals surface area (Å²) in [6.45, 7) is 4.08. The highest BCUT2D eigenvalue weighted by Crippen LogP contribution is 2.58. The van der Waals surface area contributed by atoms with Crippen LogP contribution in [0.2, 0.25) is 0 Å². The monoisotopic (exact) mass is 624 g/mol. The van der Waals surface area contributed by atoms with Crippen molar-refractivity contribution in [2.24, 2.45) is 29.6 Å². The third-order valence-corrected chi connectivity index (χ3v) is 11.2. The van der Waals surface area contributed by atoms with Crippen LogP contribution in [0.5, 0.6) is 5.75 Å². The molecule has 8 rings (SSSR count). The molecule has 11 heteroatoms. The molecule has 1 aromatic carbocycles. The van der Waals surface area contributed by atoms with Crippen LogP contribution in [-0.2, 0) is 21.9 Å². The van der Waals surface area contributed by atoms with Gasteiger partial charge < -0.3 is 24.8 Å². The molecule has 1 amide bonds. The van der Waals surface area contributed by atoms with Crippen molar-refractivity contribution in [2.75, 3.05) is 31.3 Å². The van der Waals surface area contributed by atoms with Crippen molar-refractivity contribution in [3.8, 4) is 5.75 Å². The number of anilines is 2. The number of rotatable bonds is 10. The fraction of sp³-hybridized carbons (Fsp3) is 0.647. The summed E-state index contributed by atoms with van der Waals surface area (Å²) in [5, 5.41) is 13.3. The lowest BCUT2D eigenvalue weighted by Crippen LogP contribution is -2.70. The molecule has 0 radical (unpaired) electrons. The van der Waals surface area contributed by atoms with Gasteiger partial charge >= 0.3 is 5.97 Å². The predicted molar refractivity (Wildman–Crippen MR) is 162 cm³/mol. The lowest BCUT2D eigenvalue weighted by molar-refractivity contribution is -0.163. The van der Waals surface area contributed by atoms with E-state index in [0.29, 0.717) is 37.3 Å². The van der Waals surface area contributed by atoms with Crippen molar-refractivity contribution in [3.05, 3.63) is 41.2 Å². The van der Waals surface area contributed by atoms with E-state index < -0.39 is 35.5 Å². The van der Waals surface area contributed by atoms with E-state index in [-0.39, 0.29) is 23.3 Å². The Labute approximate surface area is 262 Å². The van der Waals surface area contributed by atoms with Gasteiger partial charge in [0, 0.05) is 38.1 Å². The van der Waals surface area contributed by atoms with Gasteiger partial charge in [0.1, 0.15) is 17.0 Å². The van der Waals surface area contributed by atoms with Gasteiger partial charge in [-0.05, 0) is 111 Å². The Bertz CT molecular complexity index is 1430. The minimum atomic E-state index is -3.41. The van der Waals surface area contributed by atoms with E-state index in [2.05, 4.69) is 15.3 Å². The third-order valence-electron chi connectivity index (χ3n) is 11.2.